The summed E-state index contributed by atoms with van der Waals surface area (Å²) in [6, 6.07) is 6.96. The second-order valence-electron chi connectivity index (χ2n) is 3.48. The molecule has 0 saturated heterocycles. The van der Waals surface area contributed by atoms with Gasteiger partial charge in [-0.3, -0.25) is 0 Å². The van der Waals surface area contributed by atoms with Gasteiger partial charge in [-0.25, -0.2) is 13.1 Å². The van der Waals surface area contributed by atoms with Crippen LogP contribution in [0.25, 0.3) is 5.57 Å². The molecule has 0 spiro atoms. The molecule has 92 valence electrons. The van der Waals surface area contributed by atoms with Gasteiger partial charge in [-0.15, -0.1) is 0 Å². The average molecular weight is 251 g/mol. The van der Waals surface area contributed by atoms with Crippen LogP contribution in [0.5, 0.6) is 0 Å². The number of hydrogen-bond donors (Lipinski definition) is 1. The number of rotatable bonds is 5. The SMILES string of the molecule is C=C/C=C(\CC)c1ccccc1S(=O)(=O)NC. The number of nitrogens with one attached hydrogen (secondary N) is 1. The first-order valence-corrected chi connectivity index (χ1v) is 6.89. The minimum atomic E-state index is -3.43. The molecule has 0 fully saturated rings. The third-order valence-electron chi connectivity index (χ3n) is 2.49. The van der Waals surface area contributed by atoms with Crippen LogP contribution in [0.15, 0.2) is 47.9 Å². The molecule has 1 aromatic carbocycles. The summed E-state index contributed by atoms with van der Waals surface area (Å²) in [5.41, 5.74) is 1.68. The van der Waals surface area contributed by atoms with Crippen molar-refractivity contribution in [3.63, 3.8) is 0 Å². The molecule has 0 unspecified atom stereocenters. The Morgan fingerprint density at radius 3 is 2.59 bits per heavy atom. The van der Waals surface area contributed by atoms with Crippen molar-refractivity contribution >= 4 is 15.6 Å². The molecule has 0 atom stereocenters. The molecule has 0 amide bonds. The van der Waals surface area contributed by atoms with Gasteiger partial charge < -0.3 is 0 Å². The minimum Gasteiger partial charge on any atom is -0.214 e. The maximum Gasteiger partial charge on any atom is 0.240 e. The van der Waals surface area contributed by atoms with E-state index in [2.05, 4.69) is 11.3 Å². The van der Waals surface area contributed by atoms with Gasteiger partial charge in [-0.1, -0.05) is 43.9 Å². The van der Waals surface area contributed by atoms with Crippen LogP contribution in [-0.2, 0) is 10.0 Å². The van der Waals surface area contributed by atoms with E-state index in [9.17, 15) is 8.42 Å². The lowest BCUT2D eigenvalue weighted by Gasteiger charge is -2.11. The fraction of sp³-hybridized carbons (Fsp3) is 0.231. The summed E-state index contributed by atoms with van der Waals surface area (Å²) in [6.45, 7) is 5.63. The predicted molar refractivity (Wildman–Crippen MR) is 71.2 cm³/mol. The van der Waals surface area contributed by atoms with Crippen molar-refractivity contribution < 1.29 is 8.42 Å². The Morgan fingerprint density at radius 2 is 2.06 bits per heavy atom. The molecule has 0 radical (unpaired) electrons. The quantitative estimate of drug-likeness (QED) is 0.818. The Morgan fingerprint density at radius 1 is 1.41 bits per heavy atom. The standard InChI is InChI=1S/C13H17NO2S/c1-4-8-11(5-2)12-9-6-7-10-13(12)17(15,16)14-3/h4,6-10,14H,1,5H2,2-3H3/b11-8+. The van der Waals surface area contributed by atoms with Crippen molar-refractivity contribution in [1.82, 2.24) is 4.72 Å². The highest BCUT2D eigenvalue weighted by molar-refractivity contribution is 7.89. The van der Waals surface area contributed by atoms with Gasteiger partial charge in [0.25, 0.3) is 0 Å². The first-order valence-electron chi connectivity index (χ1n) is 5.41. The minimum absolute atomic E-state index is 0.303. The smallest absolute Gasteiger partial charge is 0.214 e. The number of sulfonamides is 1. The van der Waals surface area contributed by atoms with Gasteiger partial charge in [-0.05, 0) is 30.7 Å². The van der Waals surface area contributed by atoms with E-state index in [0.717, 1.165) is 17.6 Å². The summed E-state index contributed by atoms with van der Waals surface area (Å²) >= 11 is 0. The Balaban J connectivity index is 3.45. The van der Waals surface area contributed by atoms with Crippen molar-refractivity contribution in [3.8, 4) is 0 Å². The molecule has 4 heteroatoms. The van der Waals surface area contributed by atoms with E-state index < -0.39 is 10.0 Å². The zero-order chi connectivity index (χ0) is 12.9. The van der Waals surface area contributed by atoms with Gasteiger partial charge in [0.15, 0.2) is 0 Å². The molecular weight excluding hydrogens is 234 g/mol. The van der Waals surface area contributed by atoms with Crippen LogP contribution < -0.4 is 4.72 Å². The fourth-order valence-electron chi connectivity index (χ4n) is 1.62. The van der Waals surface area contributed by atoms with E-state index in [4.69, 9.17) is 0 Å². The topological polar surface area (TPSA) is 46.2 Å². The van der Waals surface area contributed by atoms with Gasteiger partial charge in [-0.2, -0.15) is 0 Å². The average Bonchev–Trinajstić information content (AvgIpc) is 2.36. The number of hydrogen-bond acceptors (Lipinski definition) is 2. The van der Waals surface area contributed by atoms with Crippen LogP contribution >= 0.6 is 0 Å². The van der Waals surface area contributed by atoms with Gasteiger partial charge >= 0.3 is 0 Å². The van der Waals surface area contributed by atoms with Crippen molar-refractivity contribution in [2.24, 2.45) is 0 Å². The molecule has 0 bridgehead atoms. The normalized spacial score (nSPS) is 12.5. The highest BCUT2D eigenvalue weighted by Gasteiger charge is 2.17. The molecule has 0 aliphatic carbocycles. The lowest BCUT2D eigenvalue weighted by molar-refractivity contribution is 0.588. The summed E-state index contributed by atoms with van der Waals surface area (Å²) in [4.78, 5) is 0.303. The van der Waals surface area contributed by atoms with Crippen molar-refractivity contribution in [3.05, 3.63) is 48.6 Å². The summed E-state index contributed by atoms with van der Waals surface area (Å²) in [5.74, 6) is 0. The van der Waals surface area contributed by atoms with E-state index in [1.54, 1.807) is 18.2 Å². The summed E-state index contributed by atoms with van der Waals surface area (Å²) in [5, 5.41) is 0. The third-order valence-corrected chi connectivity index (χ3v) is 3.96. The van der Waals surface area contributed by atoms with E-state index in [0.29, 0.717) is 4.90 Å². The first-order chi connectivity index (χ1) is 8.06. The molecule has 17 heavy (non-hydrogen) atoms. The largest absolute Gasteiger partial charge is 0.240 e. The lowest BCUT2D eigenvalue weighted by Crippen LogP contribution is -2.19. The summed E-state index contributed by atoms with van der Waals surface area (Å²) in [7, 11) is -2.02. The molecule has 0 aromatic heterocycles. The van der Waals surface area contributed by atoms with Crippen molar-refractivity contribution in [1.29, 1.82) is 0 Å². The molecule has 1 N–H and O–H groups in total. The second-order valence-corrected chi connectivity index (χ2v) is 5.34. The van der Waals surface area contributed by atoms with Crippen LogP contribution in [0.2, 0.25) is 0 Å². The first kappa shape index (κ1) is 13.7. The monoisotopic (exact) mass is 251 g/mol. The molecule has 0 heterocycles. The van der Waals surface area contributed by atoms with E-state index in [1.807, 2.05) is 25.1 Å². The predicted octanol–water partition coefficient (Wildman–Crippen LogP) is 2.57. The fourth-order valence-corrected chi connectivity index (χ4v) is 2.58. The van der Waals surface area contributed by atoms with E-state index in [1.165, 1.54) is 7.05 Å². The Kier molecular flexibility index (Phi) is 4.66. The van der Waals surface area contributed by atoms with Crippen molar-refractivity contribution in [2.75, 3.05) is 7.05 Å². The van der Waals surface area contributed by atoms with Gasteiger partial charge in [0, 0.05) is 0 Å². The zero-order valence-electron chi connectivity index (χ0n) is 10.1. The van der Waals surface area contributed by atoms with Crippen LogP contribution in [0, 0.1) is 0 Å². The Labute approximate surface area is 103 Å². The molecule has 0 aliphatic rings. The summed E-state index contributed by atoms with van der Waals surface area (Å²) in [6.07, 6.45) is 4.26. The second kappa shape index (κ2) is 5.80. The van der Waals surface area contributed by atoms with E-state index in [-0.39, 0.29) is 0 Å². The Hall–Kier alpha value is -1.39. The molecule has 1 rings (SSSR count). The van der Waals surface area contributed by atoms with Crippen molar-refractivity contribution in [2.45, 2.75) is 18.2 Å². The maximum atomic E-state index is 11.9. The number of benzene rings is 1. The van der Waals surface area contributed by atoms with Gasteiger partial charge in [0.05, 0.1) is 4.90 Å². The lowest BCUT2D eigenvalue weighted by atomic mass is 10.0. The van der Waals surface area contributed by atoms with Gasteiger partial charge in [0.2, 0.25) is 10.0 Å². The number of allylic oxidation sites excluding steroid dienone is 3. The van der Waals surface area contributed by atoms with Crippen LogP contribution in [0.4, 0.5) is 0 Å². The summed E-state index contributed by atoms with van der Waals surface area (Å²) < 4.78 is 26.1. The van der Waals surface area contributed by atoms with Crippen LogP contribution in [-0.4, -0.2) is 15.5 Å². The highest BCUT2D eigenvalue weighted by Crippen LogP contribution is 2.25. The molecule has 1 aromatic rings. The Bertz CT molecular complexity index is 530. The molecular formula is C13H17NO2S. The van der Waals surface area contributed by atoms with Crippen LogP contribution in [0.1, 0.15) is 18.9 Å². The third kappa shape index (κ3) is 3.05. The maximum absolute atomic E-state index is 11.9. The van der Waals surface area contributed by atoms with Crippen LogP contribution in [0.3, 0.4) is 0 Å². The van der Waals surface area contributed by atoms with Gasteiger partial charge in [0.1, 0.15) is 0 Å². The molecule has 0 aliphatic heterocycles. The molecule has 0 saturated carbocycles. The van der Waals surface area contributed by atoms with E-state index >= 15 is 0 Å². The molecule has 3 nitrogen and oxygen atoms in total. The zero-order valence-corrected chi connectivity index (χ0v) is 10.9. The highest BCUT2D eigenvalue weighted by atomic mass is 32.2.